The molecule has 2 heterocycles. The molecule has 0 saturated carbocycles. The van der Waals surface area contributed by atoms with Crippen LogP contribution in [0.5, 0.6) is 0 Å². The van der Waals surface area contributed by atoms with Crippen LogP contribution in [0.15, 0.2) is 11.4 Å². The fraction of sp³-hybridized carbons (Fsp3) is 0.571. The van der Waals surface area contributed by atoms with Crippen molar-refractivity contribution in [3.8, 4) is 11.3 Å². The summed E-state index contributed by atoms with van der Waals surface area (Å²) in [5.41, 5.74) is 4.37. The largest absolute Gasteiger partial charge is 0.469 e. The number of thiazole rings is 1. The van der Waals surface area contributed by atoms with Gasteiger partial charge < -0.3 is 14.6 Å². The summed E-state index contributed by atoms with van der Waals surface area (Å²) in [6.45, 7) is 9.83. The molecule has 0 atom stereocenters. The van der Waals surface area contributed by atoms with E-state index in [-0.39, 0.29) is 17.9 Å². The first-order valence-corrected chi connectivity index (χ1v) is 10.8. The fourth-order valence-corrected chi connectivity index (χ4v) is 4.17. The van der Waals surface area contributed by atoms with Crippen molar-refractivity contribution in [2.45, 2.75) is 59.7 Å². The second-order valence-corrected chi connectivity index (χ2v) is 8.58. The standard InChI is InChI=1S/C21H32N4O3S/c1-14(2)22-19(26)11-24(5)12-20-23-18(13-29-20)17-10-15(3)25(16(17)4)9-7-8-21(27)28-6/h10,13-14H,7-9,11-12H2,1-6H3,(H,22,26). The van der Waals surface area contributed by atoms with Gasteiger partial charge in [0.15, 0.2) is 0 Å². The Morgan fingerprint density at radius 1 is 1.34 bits per heavy atom. The zero-order valence-corrected chi connectivity index (χ0v) is 19.1. The predicted molar refractivity (Wildman–Crippen MR) is 116 cm³/mol. The molecule has 0 spiro atoms. The number of esters is 1. The average Bonchev–Trinajstić information content (AvgIpc) is 3.19. The Labute approximate surface area is 177 Å². The van der Waals surface area contributed by atoms with Gasteiger partial charge in [-0.1, -0.05) is 0 Å². The number of methoxy groups -OCH3 is 1. The lowest BCUT2D eigenvalue weighted by molar-refractivity contribution is -0.140. The van der Waals surface area contributed by atoms with Gasteiger partial charge in [0.2, 0.25) is 5.91 Å². The Hall–Kier alpha value is -2.19. The highest BCUT2D eigenvalue weighted by atomic mass is 32.1. The van der Waals surface area contributed by atoms with E-state index in [4.69, 9.17) is 9.72 Å². The summed E-state index contributed by atoms with van der Waals surface area (Å²) in [7, 11) is 3.34. The third-order valence-electron chi connectivity index (χ3n) is 4.66. The second-order valence-electron chi connectivity index (χ2n) is 7.64. The first-order valence-electron chi connectivity index (χ1n) is 9.87. The van der Waals surface area contributed by atoms with E-state index in [0.29, 0.717) is 19.5 Å². The maximum absolute atomic E-state index is 11.9. The molecular weight excluding hydrogens is 388 g/mol. The molecule has 29 heavy (non-hydrogen) atoms. The minimum Gasteiger partial charge on any atom is -0.469 e. The van der Waals surface area contributed by atoms with Gasteiger partial charge in [0.05, 0.1) is 25.9 Å². The number of likely N-dealkylation sites (N-methyl/N-ethyl adjacent to an activating group) is 1. The molecule has 0 bridgehead atoms. The van der Waals surface area contributed by atoms with E-state index in [1.54, 1.807) is 11.3 Å². The van der Waals surface area contributed by atoms with Gasteiger partial charge in [-0.15, -0.1) is 11.3 Å². The zero-order valence-electron chi connectivity index (χ0n) is 18.2. The summed E-state index contributed by atoms with van der Waals surface area (Å²) in [5.74, 6) is -0.155. The molecule has 8 heteroatoms. The van der Waals surface area contributed by atoms with E-state index in [1.807, 2.05) is 25.8 Å². The molecular formula is C21H32N4O3S. The minimum absolute atomic E-state index is 0.0229. The van der Waals surface area contributed by atoms with Crippen LogP contribution in [-0.2, 0) is 27.4 Å². The molecule has 7 nitrogen and oxygen atoms in total. The lowest BCUT2D eigenvalue weighted by Crippen LogP contribution is -2.38. The third kappa shape index (κ3) is 6.68. The molecule has 0 fully saturated rings. The summed E-state index contributed by atoms with van der Waals surface area (Å²) in [6.07, 6.45) is 1.16. The van der Waals surface area contributed by atoms with Gasteiger partial charge in [0.25, 0.3) is 0 Å². The first kappa shape index (κ1) is 23.1. The maximum atomic E-state index is 11.9. The van der Waals surface area contributed by atoms with Crippen LogP contribution in [0.4, 0.5) is 0 Å². The van der Waals surface area contributed by atoms with E-state index in [1.165, 1.54) is 7.11 Å². The normalized spacial score (nSPS) is 11.3. The van der Waals surface area contributed by atoms with Gasteiger partial charge in [-0.05, 0) is 47.2 Å². The van der Waals surface area contributed by atoms with Crippen LogP contribution in [0.1, 0.15) is 43.1 Å². The Morgan fingerprint density at radius 3 is 2.72 bits per heavy atom. The van der Waals surface area contributed by atoms with Crippen LogP contribution < -0.4 is 5.32 Å². The molecule has 2 aromatic heterocycles. The highest BCUT2D eigenvalue weighted by Gasteiger charge is 2.15. The third-order valence-corrected chi connectivity index (χ3v) is 5.49. The van der Waals surface area contributed by atoms with Crippen molar-refractivity contribution in [3.05, 3.63) is 27.8 Å². The van der Waals surface area contributed by atoms with Crippen LogP contribution in [-0.4, -0.2) is 53.1 Å². The topological polar surface area (TPSA) is 76.5 Å². The number of nitrogens with one attached hydrogen (secondary N) is 1. The van der Waals surface area contributed by atoms with E-state index >= 15 is 0 Å². The van der Waals surface area contributed by atoms with Crippen molar-refractivity contribution in [2.24, 2.45) is 0 Å². The summed E-state index contributed by atoms with van der Waals surface area (Å²) in [5, 5.41) is 5.95. The van der Waals surface area contributed by atoms with Crippen LogP contribution in [0.3, 0.4) is 0 Å². The number of carbonyl (C=O) groups excluding carboxylic acids is 2. The molecule has 2 rings (SSSR count). The molecule has 0 unspecified atom stereocenters. The molecule has 160 valence electrons. The van der Waals surface area contributed by atoms with Crippen LogP contribution in [0.2, 0.25) is 0 Å². The highest BCUT2D eigenvalue weighted by molar-refractivity contribution is 7.09. The summed E-state index contributed by atoms with van der Waals surface area (Å²) in [4.78, 5) is 30.0. The van der Waals surface area contributed by atoms with Crippen LogP contribution >= 0.6 is 11.3 Å². The minimum atomic E-state index is -0.178. The summed E-state index contributed by atoms with van der Waals surface area (Å²) >= 11 is 1.61. The van der Waals surface area contributed by atoms with Crippen molar-refractivity contribution in [3.63, 3.8) is 0 Å². The Balaban J connectivity index is 2.01. The van der Waals surface area contributed by atoms with Crippen molar-refractivity contribution in [2.75, 3.05) is 20.7 Å². The molecule has 0 aliphatic carbocycles. The number of ether oxygens (including phenoxy) is 1. The lowest BCUT2D eigenvalue weighted by Gasteiger charge is -2.16. The quantitative estimate of drug-likeness (QED) is 0.598. The fourth-order valence-electron chi connectivity index (χ4n) is 3.29. The Morgan fingerprint density at radius 2 is 2.07 bits per heavy atom. The van der Waals surface area contributed by atoms with Crippen molar-refractivity contribution < 1.29 is 14.3 Å². The number of nitrogens with zero attached hydrogens (tertiary/aromatic N) is 3. The second kappa shape index (κ2) is 10.5. The van der Waals surface area contributed by atoms with E-state index < -0.39 is 0 Å². The van der Waals surface area contributed by atoms with E-state index in [2.05, 4.69) is 35.2 Å². The number of hydrogen-bond acceptors (Lipinski definition) is 6. The number of carbonyl (C=O) groups is 2. The van der Waals surface area contributed by atoms with Crippen molar-refractivity contribution in [1.82, 2.24) is 19.8 Å². The Kier molecular flexibility index (Phi) is 8.40. The molecule has 0 aliphatic heterocycles. The first-order chi connectivity index (χ1) is 13.7. The van der Waals surface area contributed by atoms with Gasteiger partial charge in [-0.2, -0.15) is 0 Å². The molecule has 0 aromatic carbocycles. The van der Waals surface area contributed by atoms with Gasteiger partial charge in [-0.3, -0.25) is 14.5 Å². The number of aryl methyl sites for hydroxylation is 1. The highest BCUT2D eigenvalue weighted by Crippen LogP contribution is 2.28. The van der Waals surface area contributed by atoms with Crippen LogP contribution in [0.25, 0.3) is 11.3 Å². The molecule has 2 aromatic rings. The summed E-state index contributed by atoms with van der Waals surface area (Å²) in [6, 6.07) is 2.29. The maximum Gasteiger partial charge on any atom is 0.305 e. The van der Waals surface area contributed by atoms with Gasteiger partial charge in [0.1, 0.15) is 5.01 Å². The zero-order chi connectivity index (χ0) is 21.6. The smallest absolute Gasteiger partial charge is 0.305 e. The number of amides is 1. The van der Waals surface area contributed by atoms with Crippen LogP contribution in [0, 0.1) is 13.8 Å². The lowest BCUT2D eigenvalue weighted by atomic mass is 10.2. The Bertz CT molecular complexity index is 841. The molecule has 0 saturated heterocycles. The predicted octanol–water partition coefficient (Wildman–Crippen LogP) is 3.14. The van der Waals surface area contributed by atoms with E-state index in [9.17, 15) is 9.59 Å². The molecule has 0 aliphatic rings. The SMILES string of the molecule is COC(=O)CCCn1c(C)cc(-c2csc(CN(C)CC(=O)NC(C)C)n2)c1C. The monoisotopic (exact) mass is 420 g/mol. The molecule has 0 radical (unpaired) electrons. The number of aromatic nitrogens is 2. The molecule has 1 amide bonds. The molecule has 1 N–H and O–H groups in total. The summed E-state index contributed by atoms with van der Waals surface area (Å²) < 4.78 is 6.94. The van der Waals surface area contributed by atoms with Gasteiger partial charge in [0, 0.05) is 41.3 Å². The number of rotatable bonds is 10. The van der Waals surface area contributed by atoms with Gasteiger partial charge >= 0.3 is 5.97 Å². The van der Waals surface area contributed by atoms with Gasteiger partial charge in [-0.25, -0.2) is 4.98 Å². The average molecular weight is 421 g/mol. The van der Waals surface area contributed by atoms with Crippen molar-refractivity contribution in [1.29, 1.82) is 0 Å². The van der Waals surface area contributed by atoms with E-state index in [0.717, 1.165) is 40.6 Å². The number of hydrogen-bond donors (Lipinski definition) is 1. The van der Waals surface area contributed by atoms with Crippen molar-refractivity contribution >= 4 is 23.2 Å².